The predicted molar refractivity (Wildman–Crippen MR) is 27.0 cm³/mol. The summed E-state index contributed by atoms with van der Waals surface area (Å²) in [4.78, 5) is 24.0. The molecule has 1 amide bonds. The topological polar surface area (TPSA) is 75.6 Å². The van der Waals surface area contributed by atoms with Gasteiger partial charge in [0.25, 0.3) is 0 Å². The van der Waals surface area contributed by atoms with Crippen LogP contribution in [0.5, 0.6) is 0 Å². The fraction of sp³-hybridized carbons (Fsp3) is 0.500. The van der Waals surface area contributed by atoms with Crippen molar-refractivity contribution in [2.24, 2.45) is 0 Å². The zero-order valence-electron chi connectivity index (χ0n) is 4.88. The summed E-state index contributed by atoms with van der Waals surface area (Å²) in [6, 6.07) is 0. The Bertz CT molecular complexity index is 122. The lowest BCUT2D eigenvalue weighted by Gasteiger charge is -1.98. The average Bonchev–Trinajstić information content (AvgIpc) is 1.83. The minimum atomic E-state index is -0.884. The Balaban J connectivity index is 3.28. The number of aliphatic hydroxyl groups excluding tert-OH is 1. The zero-order chi connectivity index (χ0) is 7.28. The third kappa shape index (κ3) is 4.76. The molecule has 0 atom stereocenters. The Labute approximate surface area is 51.6 Å². The van der Waals surface area contributed by atoms with Gasteiger partial charge in [-0.3, -0.25) is 4.79 Å². The number of carbonyl (C=O) groups is 2. The highest BCUT2D eigenvalue weighted by molar-refractivity contribution is 5.76. The van der Waals surface area contributed by atoms with E-state index in [-0.39, 0.29) is 0 Å². The van der Waals surface area contributed by atoms with Crippen LogP contribution in [-0.2, 0) is 14.4 Å². The van der Waals surface area contributed by atoms with Gasteiger partial charge in [-0.2, -0.15) is 5.48 Å². The number of carbonyl (C=O) groups excluding carboxylic acids is 2. The molecule has 0 aromatic rings. The van der Waals surface area contributed by atoms with Crippen LogP contribution in [0.25, 0.3) is 0 Å². The Morgan fingerprint density at radius 2 is 2.22 bits per heavy atom. The van der Waals surface area contributed by atoms with Gasteiger partial charge in [0.05, 0.1) is 0 Å². The van der Waals surface area contributed by atoms with E-state index >= 15 is 0 Å². The van der Waals surface area contributed by atoms with Crippen LogP contribution in [0.1, 0.15) is 6.92 Å². The average molecular weight is 133 g/mol. The quantitative estimate of drug-likeness (QED) is 0.430. The maximum absolute atomic E-state index is 10.0. The monoisotopic (exact) mass is 133 g/mol. The number of hydrogen-bond acceptors (Lipinski definition) is 4. The second kappa shape index (κ2) is 3.85. The first-order valence-corrected chi connectivity index (χ1v) is 2.24. The smallest absolute Gasteiger partial charge is 0.357 e. The summed E-state index contributed by atoms with van der Waals surface area (Å²) in [6.45, 7) is 0.449. The summed E-state index contributed by atoms with van der Waals surface area (Å²) in [5.74, 6) is -1.37. The number of aliphatic hydroxyl groups is 1. The Hall–Kier alpha value is -1.10. The van der Waals surface area contributed by atoms with Crippen molar-refractivity contribution in [2.75, 3.05) is 6.61 Å². The van der Waals surface area contributed by atoms with Crippen LogP contribution < -0.4 is 5.48 Å². The molecule has 0 unspecified atom stereocenters. The van der Waals surface area contributed by atoms with E-state index in [0.717, 1.165) is 0 Å². The third-order valence-electron chi connectivity index (χ3n) is 0.438. The van der Waals surface area contributed by atoms with E-state index in [4.69, 9.17) is 5.11 Å². The van der Waals surface area contributed by atoms with E-state index in [1.54, 1.807) is 5.48 Å². The molecule has 0 aromatic carbocycles. The SMILES string of the molecule is CC(=O)NOC(=O)CO. The molecule has 0 rings (SSSR count). The third-order valence-corrected chi connectivity index (χ3v) is 0.438. The van der Waals surface area contributed by atoms with Gasteiger partial charge in [0.2, 0.25) is 5.91 Å². The molecule has 0 aliphatic carbocycles. The second-order valence-electron chi connectivity index (χ2n) is 1.29. The number of nitrogens with one attached hydrogen (secondary N) is 1. The molecule has 0 saturated carbocycles. The zero-order valence-corrected chi connectivity index (χ0v) is 4.88. The highest BCUT2D eigenvalue weighted by Gasteiger charge is 1.98. The van der Waals surface area contributed by atoms with Crippen molar-refractivity contribution < 1.29 is 19.5 Å². The lowest BCUT2D eigenvalue weighted by atomic mass is 10.7. The van der Waals surface area contributed by atoms with Crippen molar-refractivity contribution in [3.05, 3.63) is 0 Å². The van der Waals surface area contributed by atoms with Gasteiger partial charge >= 0.3 is 5.97 Å². The van der Waals surface area contributed by atoms with Gasteiger partial charge in [-0.15, -0.1) is 0 Å². The minimum absolute atomic E-state index is 0.489. The van der Waals surface area contributed by atoms with Gasteiger partial charge in [0, 0.05) is 6.92 Å². The maximum atomic E-state index is 10.0. The minimum Gasteiger partial charge on any atom is -0.385 e. The van der Waals surface area contributed by atoms with Gasteiger partial charge in [0.15, 0.2) is 0 Å². The summed E-state index contributed by atoms with van der Waals surface area (Å²) in [5, 5.41) is 8.02. The molecule has 0 aliphatic heterocycles. The molecular weight excluding hydrogens is 126 g/mol. The van der Waals surface area contributed by atoms with Crippen molar-refractivity contribution >= 4 is 11.9 Å². The molecule has 52 valence electrons. The number of hydroxylamine groups is 1. The lowest BCUT2D eigenvalue weighted by molar-refractivity contribution is -0.160. The van der Waals surface area contributed by atoms with Crippen molar-refractivity contribution in [1.29, 1.82) is 0 Å². The molecule has 0 heterocycles. The van der Waals surface area contributed by atoms with Crippen LogP contribution in [-0.4, -0.2) is 23.6 Å². The van der Waals surface area contributed by atoms with Crippen LogP contribution in [0.15, 0.2) is 0 Å². The van der Waals surface area contributed by atoms with Gasteiger partial charge in [0.1, 0.15) is 6.61 Å². The molecule has 0 fully saturated rings. The Morgan fingerprint density at radius 3 is 2.56 bits per heavy atom. The van der Waals surface area contributed by atoms with Crippen molar-refractivity contribution in [2.45, 2.75) is 6.92 Å². The van der Waals surface area contributed by atoms with Gasteiger partial charge in [-0.25, -0.2) is 4.79 Å². The normalized spacial score (nSPS) is 8.22. The van der Waals surface area contributed by atoms with Crippen LogP contribution in [0, 0.1) is 0 Å². The number of hydrogen-bond donors (Lipinski definition) is 2. The molecule has 0 spiro atoms. The summed E-state index contributed by atoms with van der Waals surface area (Å²) in [7, 11) is 0. The van der Waals surface area contributed by atoms with Gasteiger partial charge in [-0.1, -0.05) is 0 Å². The summed E-state index contributed by atoms with van der Waals surface area (Å²) in [6.07, 6.45) is 0. The van der Waals surface area contributed by atoms with Crippen LogP contribution in [0.4, 0.5) is 0 Å². The van der Waals surface area contributed by atoms with Gasteiger partial charge in [-0.05, 0) is 0 Å². The molecule has 5 heteroatoms. The molecule has 0 bridgehead atoms. The van der Waals surface area contributed by atoms with Crippen molar-refractivity contribution in [1.82, 2.24) is 5.48 Å². The molecule has 9 heavy (non-hydrogen) atoms. The fourth-order valence-electron chi connectivity index (χ4n) is 0.161. The van der Waals surface area contributed by atoms with E-state index in [2.05, 4.69) is 4.84 Å². The largest absolute Gasteiger partial charge is 0.385 e. The molecule has 2 N–H and O–H groups in total. The highest BCUT2D eigenvalue weighted by Crippen LogP contribution is 1.68. The van der Waals surface area contributed by atoms with Crippen LogP contribution >= 0.6 is 0 Å². The standard InChI is InChI=1S/C4H7NO4/c1-3(7)5-9-4(8)2-6/h6H,2H2,1H3,(H,5,7). The highest BCUT2D eigenvalue weighted by atomic mass is 16.7. The lowest BCUT2D eigenvalue weighted by Crippen LogP contribution is -2.25. The Kier molecular flexibility index (Phi) is 3.38. The maximum Gasteiger partial charge on any atom is 0.357 e. The molecule has 0 aromatic heterocycles. The van der Waals surface area contributed by atoms with E-state index in [1.807, 2.05) is 0 Å². The molecule has 0 radical (unpaired) electrons. The molecule has 0 aliphatic rings. The first kappa shape index (κ1) is 7.90. The number of rotatable bonds is 1. The summed E-state index contributed by atoms with van der Waals surface area (Å²) >= 11 is 0. The second-order valence-corrected chi connectivity index (χ2v) is 1.29. The van der Waals surface area contributed by atoms with Crippen LogP contribution in [0.3, 0.4) is 0 Å². The van der Waals surface area contributed by atoms with E-state index in [0.29, 0.717) is 0 Å². The van der Waals surface area contributed by atoms with E-state index in [1.165, 1.54) is 6.92 Å². The number of amides is 1. The van der Waals surface area contributed by atoms with Gasteiger partial charge < -0.3 is 9.94 Å². The summed E-state index contributed by atoms with van der Waals surface area (Å²) in [5.41, 5.74) is 1.75. The first-order chi connectivity index (χ1) is 4.16. The fourth-order valence-corrected chi connectivity index (χ4v) is 0.161. The molecule has 0 saturated heterocycles. The van der Waals surface area contributed by atoms with Crippen molar-refractivity contribution in [3.8, 4) is 0 Å². The van der Waals surface area contributed by atoms with Crippen molar-refractivity contribution in [3.63, 3.8) is 0 Å². The van der Waals surface area contributed by atoms with Crippen LogP contribution in [0.2, 0.25) is 0 Å². The predicted octanol–water partition coefficient (Wildman–Crippen LogP) is -1.43. The van der Waals surface area contributed by atoms with E-state index in [9.17, 15) is 9.59 Å². The Morgan fingerprint density at radius 1 is 1.67 bits per heavy atom. The summed E-state index contributed by atoms with van der Waals surface area (Å²) < 4.78 is 0. The first-order valence-electron chi connectivity index (χ1n) is 2.24. The van der Waals surface area contributed by atoms with E-state index < -0.39 is 18.5 Å². The molecular formula is C4H7NO4. The molecule has 5 nitrogen and oxygen atoms in total.